The van der Waals surface area contributed by atoms with Crippen molar-refractivity contribution in [3.05, 3.63) is 18.2 Å². The van der Waals surface area contributed by atoms with Gasteiger partial charge in [-0.05, 0) is 5.92 Å². The van der Waals surface area contributed by atoms with Crippen LogP contribution < -0.4 is 20.7 Å². The lowest BCUT2D eigenvalue weighted by Gasteiger charge is -2.36. The van der Waals surface area contributed by atoms with E-state index in [1.165, 1.54) is 12.4 Å². The summed E-state index contributed by atoms with van der Waals surface area (Å²) in [7, 11) is 0. The van der Waals surface area contributed by atoms with Gasteiger partial charge in [-0.3, -0.25) is 4.79 Å². The number of nitrogens with two attached hydrogens (primary N) is 1. The van der Waals surface area contributed by atoms with E-state index >= 15 is 4.39 Å². The fourth-order valence-corrected chi connectivity index (χ4v) is 3.58. The molecule has 0 radical (unpaired) electrons. The summed E-state index contributed by atoms with van der Waals surface area (Å²) in [6.07, 6.45) is 2.36. The van der Waals surface area contributed by atoms with Crippen molar-refractivity contribution in [1.29, 1.82) is 0 Å². The average molecular weight is 461 g/mol. The molecule has 1 saturated heterocycles. The van der Waals surface area contributed by atoms with E-state index in [0.29, 0.717) is 50.7 Å². The Morgan fingerprint density at radius 1 is 1.27 bits per heavy atom. The van der Waals surface area contributed by atoms with E-state index < -0.39 is 17.8 Å². The Labute approximate surface area is 190 Å². The number of halogens is 1. The van der Waals surface area contributed by atoms with E-state index in [0.717, 1.165) is 0 Å². The van der Waals surface area contributed by atoms with Crippen LogP contribution in [0.3, 0.4) is 0 Å². The number of carbonyl (C=O) groups excluding carboxylic acids is 1. The maximum absolute atomic E-state index is 15.3. The molecule has 1 saturated carbocycles. The van der Waals surface area contributed by atoms with Crippen molar-refractivity contribution in [1.82, 2.24) is 25.3 Å². The Morgan fingerprint density at radius 2 is 1.94 bits per heavy atom. The lowest BCUT2D eigenvalue weighted by atomic mass is 9.88. The molecule has 11 nitrogen and oxygen atoms in total. The molecule has 178 valence electrons. The van der Waals surface area contributed by atoms with Gasteiger partial charge in [0.15, 0.2) is 0 Å². The van der Waals surface area contributed by atoms with Crippen LogP contribution in [-0.2, 0) is 9.53 Å². The van der Waals surface area contributed by atoms with Crippen LogP contribution in [-0.4, -0.2) is 75.5 Å². The van der Waals surface area contributed by atoms with E-state index in [1.807, 2.05) is 4.90 Å². The van der Waals surface area contributed by atoms with Crippen LogP contribution in [0.2, 0.25) is 0 Å². The maximum Gasteiger partial charge on any atom is 0.256 e. The monoisotopic (exact) mass is 461 g/mol. The molecule has 0 aromatic carbocycles. The van der Waals surface area contributed by atoms with Crippen LogP contribution in [0.25, 0.3) is 11.3 Å². The second-order valence-electron chi connectivity index (χ2n) is 8.53. The number of amides is 1. The van der Waals surface area contributed by atoms with Gasteiger partial charge in [0.05, 0.1) is 13.2 Å². The first-order valence-electron chi connectivity index (χ1n) is 10.9. The predicted molar refractivity (Wildman–Crippen MR) is 117 cm³/mol. The third kappa shape index (κ3) is 5.28. The Kier molecular flexibility index (Phi) is 6.84. The van der Waals surface area contributed by atoms with Gasteiger partial charge in [-0.1, -0.05) is 13.8 Å². The Balaban J connectivity index is 1.51. The molecule has 3 heterocycles. The molecule has 4 N–H and O–H groups in total. The lowest BCUT2D eigenvalue weighted by Crippen LogP contribution is -2.52. The summed E-state index contributed by atoms with van der Waals surface area (Å²) >= 11 is 0. The Bertz CT molecular complexity index is 979. The van der Waals surface area contributed by atoms with E-state index in [4.69, 9.17) is 15.2 Å². The third-order valence-electron chi connectivity index (χ3n) is 5.67. The molecular weight excluding hydrogens is 433 g/mol. The molecule has 2 aliphatic rings. The minimum Gasteiger partial charge on any atom is -0.472 e. The number of aromatic nitrogens is 4. The third-order valence-corrected chi connectivity index (χ3v) is 5.67. The molecule has 0 unspecified atom stereocenters. The first-order valence-corrected chi connectivity index (χ1v) is 10.9. The first kappa shape index (κ1) is 23.1. The van der Waals surface area contributed by atoms with Gasteiger partial charge in [-0.2, -0.15) is 9.37 Å². The van der Waals surface area contributed by atoms with E-state index in [9.17, 15) is 9.90 Å². The zero-order valence-electron chi connectivity index (χ0n) is 18.6. The van der Waals surface area contributed by atoms with Gasteiger partial charge in [0, 0.05) is 49.9 Å². The van der Waals surface area contributed by atoms with E-state index in [1.54, 1.807) is 13.8 Å². The average Bonchev–Trinajstić information content (AvgIpc) is 2.79. The van der Waals surface area contributed by atoms with Gasteiger partial charge >= 0.3 is 0 Å². The number of carbonyl (C=O) groups is 1. The minimum absolute atomic E-state index is 0.0192. The maximum atomic E-state index is 15.3. The van der Waals surface area contributed by atoms with Gasteiger partial charge in [-0.15, -0.1) is 0 Å². The van der Waals surface area contributed by atoms with Gasteiger partial charge in [0.25, 0.3) is 5.88 Å². The smallest absolute Gasteiger partial charge is 0.256 e. The highest BCUT2D eigenvalue weighted by atomic mass is 19.1. The number of anilines is 2. The molecule has 33 heavy (non-hydrogen) atoms. The number of aliphatic hydroxyl groups is 1. The van der Waals surface area contributed by atoms with Gasteiger partial charge in [-0.25, -0.2) is 15.0 Å². The zero-order chi connectivity index (χ0) is 23.5. The molecule has 12 heteroatoms. The number of nitrogen functional groups attached to an aromatic ring is 1. The quantitative estimate of drug-likeness (QED) is 0.533. The number of rotatable bonds is 7. The Morgan fingerprint density at radius 3 is 2.58 bits per heavy atom. The molecule has 0 bridgehead atoms. The van der Waals surface area contributed by atoms with E-state index in [-0.39, 0.29) is 35.6 Å². The molecule has 2 fully saturated rings. The zero-order valence-corrected chi connectivity index (χ0v) is 18.6. The first-order chi connectivity index (χ1) is 15.8. The van der Waals surface area contributed by atoms with Crippen molar-refractivity contribution in [3.63, 3.8) is 0 Å². The van der Waals surface area contributed by atoms with Gasteiger partial charge in [0.2, 0.25) is 23.6 Å². The number of aliphatic hydroxyl groups excluding tert-OH is 1. The fourth-order valence-electron chi connectivity index (χ4n) is 3.58. The molecule has 2 aromatic rings. The number of nitrogens with zero attached hydrogens (tertiary/aromatic N) is 5. The van der Waals surface area contributed by atoms with E-state index in [2.05, 4.69) is 25.3 Å². The molecule has 1 atom stereocenters. The number of nitrogens with one attached hydrogen (secondary N) is 1. The number of hydrogen-bond donors (Lipinski definition) is 3. The van der Waals surface area contributed by atoms with Crippen molar-refractivity contribution in [2.45, 2.75) is 44.9 Å². The Hall–Kier alpha value is -3.12. The minimum atomic E-state index is -1.06. The molecule has 1 aliphatic heterocycles. The summed E-state index contributed by atoms with van der Waals surface area (Å²) in [5.41, 5.74) is 5.92. The van der Waals surface area contributed by atoms with Crippen molar-refractivity contribution in [2.24, 2.45) is 5.92 Å². The summed E-state index contributed by atoms with van der Waals surface area (Å²) in [4.78, 5) is 30.5. The highest BCUT2D eigenvalue weighted by molar-refractivity contribution is 5.81. The number of morpholine rings is 1. The van der Waals surface area contributed by atoms with Crippen LogP contribution in [0.5, 0.6) is 5.88 Å². The van der Waals surface area contributed by atoms with Gasteiger partial charge in [0.1, 0.15) is 17.9 Å². The van der Waals surface area contributed by atoms with Crippen LogP contribution in [0.4, 0.5) is 16.3 Å². The molecule has 2 aromatic heterocycles. The van der Waals surface area contributed by atoms with Gasteiger partial charge < -0.3 is 30.5 Å². The summed E-state index contributed by atoms with van der Waals surface area (Å²) in [6, 6.07) is -0.149. The van der Waals surface area contributed by atoms with Crippen molar-refractivity contribution in [2.75, 3.05) is 36.9 Å². The molecule has 0 spiro atoms. The molecule has 1 amide bonds. The lowest BCUT2D eigenvalue weighted by molar-refractivity contribution is -0.133. The summed E-state index contributed by atoms with van der Waals surface area (Å²) < 4.78 is 26.6. The predicted octanol–water partition coefficient (Wildman–Crippen LogP) is 0.534. The second-order valence-corrected chi connectivity index (χ2v) is 8.53. The molecule has 1 aliphatic carbocycles. The second kappa shape index (κ2) is 9.79. The molecular formula is C21H28FN7O4. The van der Waals surface area contributed by atoms with Crippen molar-refractivity contribution in [3.8, 4) is 17.1 Å². The summed E-state index contributed by atoms with van der Waals surface area (Å²) in [5, 5.41) is 12.7. The summed E-state index contributed by atoms with van der Waals surface area (Å²) in [5.74, 6) is -1.09. The van der Waals surface area contributed by atoms with Crippen LogP contribution >= 0.6 is 0 Å². The SMILES string of the molecule is CC(C)[C@@H](O)C(=O)NC1CC(Oc2nc(N3CCOCC3)nc(-c3cnc(N)nc3)c2F)C1. The number of ether oxygens (including phenoxy) is 2. The molecule has 4 rings (SSSR count). The fraction of sp³-hybridized carbons (Fsp3) is 0.571. The standard InChI is InChI=1S/C21H28FN7O4/c1-11(2)17(30)18(31)26-13-7-14(8-13)33-19-15(22)16(12-9-24-20(23)25-10-12)27-21(28-19)29-3-5-32-6-4-29/h9-11,13-14,17,30H,3-8H2,1-2H3,(H,26,31)(H2,23,24,25)/t13?,14?,17-/m1/s1. The highest BCUT2D eigenvalue weighted by Gasteiger charge is 2.35. The summed E-state index contributed by atoms with van der Waals surface area (Å²) in [6.45, 7) is 5.71. The van der Waals surface area contributed by atoms with Crippen molar-refractivity contribution < 1.29 is 23.8 Å². The van der Waals surface area contributed by atoms with Crippen LogP contribution in [0, 0.1) is 11.7 Å². The van der Waals surface area contributed by atoms with Crippen molar-refractivity contribution >= 4 is 17.8 Å². The topological polar surface area (TPSA) is 149 Å². The van der Waals surface area contributed by atoms with Crippen LogP contribution in [0.15, 0.2) is 12.4 Å². The number of hydrogen-bond acceptors (Lipinski definition) is 10. The normalized spacial score (nSPS) is 21.4. The van der Waals surface area contributed by atoms with Crippen LogP contribution in [0.1, 0.15) is 26.7 Å². The highest BCUT2D eigenvalue weighted by Crippen LogP contribution is 2.32. The largest absolute Gasteiger partial charge is 0.472 e.